The van der Waals surface area contributed by atoms with Gasteiger partial charge in [0.1, 0.15) is 5.82 Å². The van der Waals surface area contributed by atoms with Crippen LogP contribution in [0.25, 0.3) is 11.6 Å². The molecule has 0 spiro atoms. The molecule has 6 heteroatoms. The summed E-state index contributed by atoms with van der Waals surface area (Å²) in [4.78, 5) is 23.9. The molecule has 0 aromatic heterocycles. The van der Waals surface area contributed by atoms with E-state index in [0.717, 1.165) is 12.8 Å². The first kappa shape index (κ1) is 16.9. The highest BCUT2D eigenvalue weighted by Crippen LogP contribution is 2.25. The summed E-state index contributed by atoms with van der Waals surface area (Å²) in [5.41, 5.74) is 2.91. The maximum Gasteiger partial charge on any atom is 0.274 e. The average molecular weight is 340 g/mol. The number of hydrogen-bond donors (Lipinski definition) is 3. The summed E-state index contributed by atoms with van der Waals surface area (Å²) in [7, 11) is 0. The van der Waals surface area contributed by atoms with Crippen molar-refractivity contribution in [1.82, 2.24) is 10.8 Å². The van der Waals surface area contributed by atoms with Gasteiger partial charge >= 0.3 is 0 Å². The lowest BCUT2D eigenvalue weighted by Gasteiger charge is -2.10. The van der Waals surface area contributed by atoms with Gasteiger partial charge in [-0.15, -0.1) is 0 Å². The molecule has 2 amide bonds. The van der Waals surface area contributed by atoms with Crippen molar-refractivity contribution in [3.05, 3.63) is 71.0 Å². The fourth-order valence-electron chi connectivity index (χ4n) is 2.40. The third-order valence-electron chi connectivity index (χ3n) is 3.91. The molecule has 5 nitrogen and oxygen atoms in total. The minimum absolute atomic E-state index is 0.151. The van der Waals surface area contributed by atoms with Crippen molar-refractivity contribution in [3.8, 4) is 0 Å². The average Bonchev–Trinajstić information content (AvgIpc) is 3.44. The summed E-state index contributed by atoms with van der Waals surface area (Å²) in [6, 6.07) is 12.5. The van der Waals surface area contributed by atoms with Crippen molar-refractivity contribution in [1.29, 1.82) is 0 Å². The number of hydroxylamine groups is 1. The van der Waals surface area contributed by atoms with Gasteiger partial charge in [0.2, 0.25) is 0 Å². The molecule has 0 radical (unpaired) electrons. The summed E-state index contributed by atoms with van der Waals surface area (Å²) >= 11 is 0. The van der Waals surface area contributed by atoms with Crippen LogP contribution >= 0.6 is 0 Å². The Morgan fingerprint density at radius 3 is 2.36 bits per heavy atom. The van der Waals surface area contributed by atoms with E-state index in [9.17, 15) is 14.0 Å². The fraction of sp³-hybridized carbons (Fsp3) is 0.158. The fourth-order valence-corrected chi connectivity index (χ4v) is 2.40. The number of benzene rings is 2. The highest BCUT2D eigenvalue weighted by molar-refractivity contribution is 6.24. The number of nitrogens with one attached hydrogen (secondary N) is 2. The van der Waals surface area contributed by atoms with Crippen molar-refractivity contribution in [2.45, 2.75) is 18.9 Å². The summed E-state index contributed by atoms with van der Waals surface area (Å²) < 4.78 is 14.2. The monoisotopic (exact) mass is 340 g/mol. The zero-order valence-corrected chi connectivity index (χ0v) is 13.3. The van der Waals surface area contributed by atoms with Crippen LogP contribution in [0, 0.1) is 5.82 Å². The number of carbonyl (C=O) groups is 2. The molecule has 1 aliphatic carbocycles. The minimum Gasteiger partial charge on any atom is -0.349 e. The van der Waals surface area contributed by atoms with Crippen molar-refractivity contribution in [2.24, 2.45) is 0 Å². The third-order valence-corrected chi connectivity index (χ3v) is 3.91. The Kier molecular flexibility index (Phi) is 4.90. The van der Waals surface area contributed by atoms with Crippen LogP contribution in [-0.4, -0.2) is 23.1 Å². The van der Waals surface area contributed by atoms with Gasteiger partial charge in [-0.1, -0.05) is 30.3 Å². The van der Waals surface area contributed by atoms with Crippen molar-refractivity contribution >= 4 is 23.5 Å². The number of amides is 2. The van der Waals surface area contributed by atoms with Crippen LogP contribution < -0.4 is 10.8 Å². The first-order chi connectivity index (χ1) is 12.1. The highest BCUT2D eigenvalue weighted by Gasteiger charge is 2.26. The van der Waals surface area contributed by atoms with Gasteiger partial charge < -0.3 is 5.32 Å². The van der Waals surface area contributed by atoms with Crippen LogP contribution in [0.1, 0.15) is 34.3 Å². The van der Waals surface area contributed by atoms with Gasteiger partial charge in [-0.2, -0.15) is 0 Å². The maximum absolute atomic E-state index is 14.2. The van der Waals surface area contributed by atoms with Gasteiger partial charge in [-0.05, 0) is 42.7 Å². The van der Waals surface area contributed by atoms with E-state index in [1.54, 1.807) is 41.9 Å². The van der Waals surface area contributed by atoms with E-state index >= 15 is 0 Å². The van der Waals surface area contributed by atoms with Gasteiger partial charge in [0, 0.05) is 17.2 Å². The largest absolute Gasteiger partial charge is 0.349 e. The summed E-state index contributed by atoms with van der Waals surface area (Å²) in [5, 5.41) is 11.5. The van der Waals surface area contributed by atoms with Gasteiger partial charge in [0.05, 0.1) is 5.57 Å². The van der Waals surface area contributed by atoms with Gasteiger partial charge in [-0.3, -0.25) is 14.8 Å². The second-order valence-corrected chi connectivity index (χ2v) is 5.85. The smallest absolute Gasteiger partial charge is 0.274 e. The quantitative estimate of drug-likeness (QED) is 0.339. The Balaban J connectivity index is 1.95. The zero-order valence-electron chi connectivity index (χ0n) is 13.3. The summed E-state index contributed by atoms with van der Waals surface area (Å²) in [5.74, 6) is -1.43. The van der Waals surface area contributed by atoms with E-state index in [1.165, 1.54) is 18.2 Å². The molecule has 1 fully saturated rings. The molecule has 2 aromatic rings. The van der Waals surface area contributed by atoms with Crippen LogP contribution in [0.3, 0.4) is 0 Å². The molecule has 0 unspecified atom stereocenters. The molecule has 25 heavy (non-hydrogen) atoms. The van der Waals surface area contributed by atoms with E-state index in [2.05, 4.69) is 5.32 Å². The molecule has 128 valence electrons. The first-order valence-corrected chi connectivity index (χ1v) is 7.90. The Bertz CT molecular complexity index is 827. The molecule has 0 heterocycles. The van der Waals surface area contributed by atoms with Crippen LogP contribution in [0.2, 0.25) is 0 Å². The normalized spacial score (nSPS) is 14.1. The maximum atomic E-state index is 14.2. The summed E-state index contributed by atoms with van der Waals surface area (Å²) in [6.45, 7) is 0. The van der Waals surface area contributed by atoms with Crippen LogP contribution in [-0.2, 0) is 4.79 Å². The lowest BCUT2D eigenvalue weighted by Crippen LogP contribution is -2.26. The number of carbonyl (C=O) groups excluding carboxylic acids is 2. The molecule has 1 aliphatic rings. The van der Waals surface area contributed by atoms with Crippen LogP contribution in [0.4, 0.5) is 4.39 Å². The second-order valence-electron chi connectivity index (χ2n) is 5.85. The predicted molar refractivity (Wildman–Crippen MR) is 91.1 cm³/mol. The Morgan fingerprint density at radius 1 is 1.08 bits per heavy atom. The van der Waals surface area contributed by atoms with Crippen molar-refractivity contribution in [2.75, 3.05) is 0 Å². The predicted octanol–water partition coefficient (Wildman–Crippen LogP) is 2.76. The Morgan fingerprint density at radius 2 is 1.76 bits per heavy atom. The van der Waals surface area contributed by atoms with Gasteiger partial charge in [-0.25, -0.2) is 9.87 Å². The van der Waals surface area contributed by atoms with Crippen LogP contribution in [0.15, 0.2) is 48.5 Å². The molecule has 0 saturated heterocycles. The standard InChI is InChI=1S/C19H17FN2O3/c20-17-4-2-1-3-15(17)16(19(24)21-14-9-10-14)11-12-5-7-13(8-6-12)18(23)22-25/h1-8,11,14,25H,9-10H2,(H,21,24)(H,22,23)/b16-11-. The Labute approximate surface area is 144 Å². The number of hydrogen-bond acceptors (Lipinski definition) is 3. The lowest BCUT2D eigenvalue weighted by molar-refractivity contribution is -0.115. The van der Waals surface area contributed by atoms with E-state index in [1.807, 2.05) is 0 Å². The first-order valence-electron chi connectivity index (χ1n) is 7.90. The highest BCUT2D eigenvalue weighted by atomic mass is 19.1. The van der Waals surface area contributed by atoms with Gasteiger partial charge in [0.15, 0.2) is 0 Å². The summed E-state index contributed by atoms with van der Waals surface area (Å²) in [6.07, 6.45) is 3.44. The van der Waals surface area contributed by atoms with Crippen molar-refractivity contribution < 1.29 is 19.2 Å². The molecule has 3 N–H and O–H groups in total. The SMILES string of the molecule is O=C(NC1CC1)/C(=C\c1ccc(C(=O)NO)cc1)c1ccccc1F. The molecular weight excluding hydrogens is 323 g/mol. The van der Waals surface area contributed by atoms with E-state index in [-0.39, 0.29) is 28.6 Å². The zero-order chi connectivity index (χ0) is 17.8. The molecule has 0 bridgehead atoms. The van der Waals surface area contributed by atoms with Crippen molar-refractivity contribution in [3.63, 3.8) is 0 Å². The number of halogens is 1. The molecular formula is C19H17FN2O3. The second kappa shape index (κ2) is 7.27. The lowest BCUT2D eigenvalue weighted by atomic mass is 10.0. The Hall–Kier alpha value is -2.99. The molecule has 3 rings (SSSR count). The number of rotatable bonds is 5. The van der Waals surface area contributed by atoms with E-state index in [0.29, 0.717) is 5.56 Å². The van der Waals surface area contributed by atoms with E-state index < -0.39 is 11.7 Å². The van der Waals surface area contributed by atoms with Crippen LogP contribution in [0.5, 0.6) is 0 Å². The van der Waals surface area contributed by atoms with E-state index in [4.69, 9.17) is 5.21 Å². The van der Waals surface area contributed by atoms with Gasteiger partial charge in [0.25, 0.3) is 11.8 Å². The molecule has 1 saturated carbocycles. The molecule has 2 aromatic carbocycles. The molecule has 0 aliphatic heterocycles. The minimum atomic E-state index is -0.628. The third kappa shape index (κ3) is 4.10. The topological polar surface area (TPSA) is 78.4 Å². The molecule has 0 atom stereocenters.